The van der Waals surface area contributed by atoms with E-state index in [0.717, 1.165) is 52.4 Å². The summed E-state index contributed by atoms with van der Waals surface area (Å²) in [6, 6.07) is 49.1. The van der Waals surface area contributed by atoms with E-state index in [1.165, 1.54) is 5.56 Å². The molecule has 0 aromatic heterocycles. The molecule has 0 saturated carbocycles. The predicted octanol–water partition coefficient (Wildman–Crippen LogP) is 8.88. The average molecular weight is 635 g/mol. The van der Waals surface area contributed by atoms with Gasteiger partial charge in [0.1, 0.15) is 17.5 Å². The molecule has 5 aromatic carbocycles. The maximum atomic E-state index is 12.7. The Labute approximate surface area is 283 Å². The average Bonchev–Trinajstić information content (AvgIpc) is 3.54. The normalized spacial score (nSPS) is 17.7. The second-order valence-corrected chi connectivity index (χ2v) is 12.9. The molecule has 2 aliphatic heterocycles. The maximum Gasteiger partial charge on any atom is 0.272 e. The van der Waals surface area contributed by atoms with Crippen molar-refractivity contribution in [1.82, 2.24) is 9.91 Å². The third-order valence-corrected chi connectivity index (χ3v) is 9.32. The van der Waals surface area contributed by atoms with Crippen LogP contribution in [0.15, 0.2) is 145 Å². The van der Waals surface area contributed by atoms with Gasteiger partial charge in [-0.1, -0.05) is 110 Å². The minimum Gasteiger partial charge on any atom is -0.341 e. The molecule has 242 valence electrons. The number of hydrogen-bond acceptors (Lipinski definition) is 6. The summed E-state index contributed by atoms with van der Waals surface area (Å²) in [6.45, 7) is 6.71. The van der Waals surface area contributed by atoms with Gasteiger partial charge in [0.2, 0.25) is 0 Å². The number of para-hydroxylation sites is 3. The molecule has 1 unspecified atom stereocenters. The molecule has 48 heavy (non-hydrogen) atoms. The highest BCUT2D eigenvalue weighted by Crippen LogP contribution is 2.45. The second-order valence-electron chi connectivity index (χ2n) is 12.9. The van der Waals surface area contributed by atoms with E-state index in [0.29, 0.717) is 6.54 Å². The second kappa shape index (κ2) is 13.0. The van der Waals surface area contributed by atoms with Crippen molar-refractivity contribution in [1.29, 1.82) is 0 Å². The lowest BCUT2D eigenvalue weighted by Crippen LogP contribution is -2.47. The summed E-state index contributed by atoms with van der Waals surface area (Å²) < 4.78 is 0. The van der Waals surface area contributed by atoms with Crippen LogP contribution in [-0.4, -0.2) is 34.2 Å². The fraction of sp³-hybridized carbons (Fsp3) is 0.220. The van der Waals surface area contributed by atoms with Gasteiger partial charge in [-0.2, -0.15) is 20.2 Å². The van der Waals surface area contributed by atoms with Crippen LogP contribution in [0, 0.1) is 0 Å². The standard InChI is InChI=1S/C41H42N6O/c1-5-17-38-42-40(48)41(2,3)44(38)30-31-26-28-32(29-27-31)36-24-15-16-25-37(36)39-43(4)46(34-20-11-7-12-21-34)47(35-22-13-8-14-23-35)45(39)33-18-9-6-10-19-33/h6-16,18-29,39H,5,17,30H2,1-4H3. The Hall–Kier alpha value is -5.40. The van der Waals surface area contributed by atoms with E-state index >= 15 is 0 Å². The van der Waals surface area contributed by atoms with Gasteiger partial charge < -0.3 is 4.90 Å². The quantitative estimate of drug-likeness (QED) is 0.161. The SMILES string of the molecule is CCCC1=NC(=O)C(C)(C)N1Cc1ccc(-c2ccccc2C2N(C)N(c3ccccc3)N(c3ccccc3)N2c2ccccc2)cc1. The van der Waals surface area contributed by atoms with Gasteiger partial charge in [-0.15, -0.1) is 0 Å². The Morgan fingerprint density at radius 3 is 1.81 bits per heavy atom. The Kier molecular flexibility index (Phi) is 8.46. The van der Waals surface area contributed by atoms with Crippen LogP contribution in [0.4, 0.5) is 17.1 Å². The van der Waals surface area contributed by atoms with E-state index in [1.807, 2.05) is 13.8 Å². The Morgan fingerprint density at radius 2 is 1.21 bits per heavy atom. The number of amidine groups is 1. The lowest BCUT2D eigenvalue weighted by atomic mass is 9.96. The first-order chi connectivity index (χ1) is 23.4. The van der Waals surface area contributed by atoms with Crippen LogP contribution in [0.1, 0.15) is 50.9 Å². The third-order valence-electron chi connectivity index (χ3n) is 9.32. The summed E-state index contributed by atoms with van der Waals surface area (Å²) in [6.07, 6.45) is 1.58. The third kappa shape index (κ3) is 5.60. The summed E-state index contributed by atoms with van der Waals surface area (Å²) in [7, 11) is 2.16. The van der Waals surface area contributed by atoms with Crippen LogP contribution in [-0.2, 0) is 11.3 Å². The van der Waals surface area contributed by atoms with Crippen molar-refractivity contribution in [2.24, 2.45) is 4.99 Å². The number of nitrogens with zero attached hydrogens (tertiary/aromatic N) is 6. The molecule has 1 atom stereocenters. The molecule has 7 heteroatoms. The number of aliphatic imine (C=N–C) groups is 1. The van der Waals surface area contributed by atoms with Crippen molar-refractivity contribution in [2.45, 2.75) is 51.9 Å². The number of carbonyl (C=O) groups is 1. The molecular formula is C41H42N6O. The van der Waals surface area contributed by atoms with Crippen molar-refractivity contribution in [3.05, 3.63) is 151 Å². The van der Waals surface area contributed by atoms with E-state index in [2.05, 4.69) is 184 Å². The highest BCUT2D eigenvalue weighted by Gasteiger charge is 2.45. The number of hydrogen-bond donors (Lipinski definition) is 0. The lowest BCUT2D eigenvalue weighted by Gasteiger charge is -2.37. The first-order valence-corrected chi connectivity index (χ1v) is 16.7. The van der Waals surface area contributed by atoms with Crippen LogP contribution >= 0.6 is 0 Å². The fourth-order valence-corrected chi connectivity index (χ4v) is 6.82. The van der Waals surface area contributed by atoms with Crippen LogP contribution in [0.5, 0.6) is 0 Å². The van der Waals surface area contributed by atoms with Crippen molar-refractivity contribution < 1.29 is 4.79 Å². The van der Waals surface area contributed by atoms with Gasteiger partial charge in [0.25, 0.3) is 5.91 Å². The zero-order valence-electron chi connectivity index (χ0n) is 28.1. The van der Waals surface area contributed by atoms with E-state index in [4.69, 9.17) is 0 Å². The fourth-order valence-electron chi connectivity index (χ4n) is 6.82. The van der Waals surface area contributed by atoms with Gasteiger partial charge >= 0.3 is 0 Å². The van der Waals surface area contributed by atoms with Crippen LogP contribution in [0.2, 0.25) is 0 Å². The van der Waals surface area contributed by atoms with E-state index in [9.17, 15) is 4.79 Å². The van der Waals surface area contributed by atoms with Gasteiger partial charge in [-0.25, -0.2) is 5.01 Å². The van der Waals surface area contributed by atoms with Gasteiger partial charge in [-0.3, -0.25) is 4.79 Å². The molecule has 0 N–H and O–H groups in total. The minimum absolute atomic E-state index is 0.0609. The molecule has 2 heterocycles. The van der Waals surface area contributed by atoms with Crippen molar-refractivity contribution in [3.8, 4) is 11.1 Å². The summed E-state index contributed by atoms with van der Waals surface area (Å²) in [4.78, 5) is 19.3. The molecule has 1 amide bonds. The molecule has 5 aromatic rings. The molecule has 7 nitrogen and oxygen atoms in total. The van der Waals surface area contributed by atoms with Gasteiger partial charge in [0.15, 0.2) is 0 Å². The molecular weight excluding hydrogens is 592 g/mol. The van der Waals surface area contributed by atoms with E-state index in [1.54, 1.807) is 0 Å². The Bertz CT molecular complexity index is 1890. The summed E-state index contributed by atoms with van der Waals surface area (Å²) >= 11 is 0. The molecule has 2 aliphatic rings. The summed E-state index contributed by atoms with van der Waals surface area (Å²) in [5.41, 5.74) is 7.18. The number of rotatable bonds is 9. The molecule has 0 aliphatic carbocycles. The van der Waals surface area contributed by atoms with Gasteiger partial charge in [0, 0.05) is 25.6 Å². The molecule has 7 rings (SSSR count). The van der Waals surface area contributed by atoms with Crippen LogP contribution in [0.25, 0.3) is 11.1 Å². The maximum absolute atomic E-state index is 12.7. The Morgan fingerprint density at radius 1 is 0.667 bits per heavy atom. The highest BCUT2D eigenvalue weighted by atomic mass is 16.2. The molecule has 0 radical (unpaired) electrons. The minimum atomic E-state index is -0.640. The van der Waals surface area contributed by atoms with E-state index in [-0.39, 0.29) is 12.1 Å². The summed E-state index contributed by atoms with van der Waals surface area (Å²) in [5, 5.41) is 9.20. The largest absolute Gasteiger partial charge is 0.341 e. The molecule has 0 bridgehead atoms. The Balaban J connectivity index is 1.30. The number of amides is 1. The molecule has 1 fully saturated rings. The van der Waals surface area contributed by atoms with E-state index < -0.39 is 5.54 Å². The highest BCUT2D eigenvalue weighted by molar-refractivity contribution is 6.06. The monoisotopic (exact) mass is 634 g/mol. The first kappa shape index (κ1) is 31.2. The number of hydrazine groups is 3. The first-order valence-electron chi connectivity index (χ1n) is 16.7. The zero-order valence-corrected chi connectivity index (χ0v) is 28.1. The van der Waals surface area contributed by atoms with Gasteiger partial charge in [0.05, 0.1) is 17.1 Å². The van der Waals surface area contributed by atoms with Gasteiger partial charge in [-0.05, 0) is 73.4 Å². The smallest absolute Gasteiger partial charge is 0.272 e. The topological polar surface area (TPSA) is 45.6 Å². The van der Waals surface area contributed by atoms with Crippen molar-refractivity contribution in [3.63, 3.8) is 0 Å². The number of anilines is 3. The molecule has 1 saturated heterocycles. The predicted molar refractivity (Wildman–Crippen MR) is 196 cm³/mol. The van der Waals surface area contributed by atoms with Crippen molar-refractivity contribution in [2.75, 3.05) is 22.3 Å². The van der Waals surface area contributed by atoms with Crippen LogP contribution < -0.4 is 15.2 Å². The number of benzene rings is 5. The lowest BCUT2D eigenvalue weighted by molar-refractivity contribution is -0.124. The van der Waals surface area contributed by atoms with Crippen molar-refractivity contribution >= 4 is 28.8 Å². The molecule has 0 spiro atoms. The van der Waals surface area contributed by atoms with Crippen LogP contribution in [0.3, 0.4) is 0 Å². The summed E-state index contributed by atoms with van der Waals surface area (Å²) in [5.74, 6) is 0.826. The zero-order chi connectivity index (χ0) is 33.3. The number of carbonyl (C=O) groups excluding carboxylic acids is 1.